The van der Waals surface area contributed by atoms with E-state index in [4.69, 9.17) is 23.2 Å². The molecule has 0 atom stereocenters. The zero-order chi connectivity index (χ0) is 15.3. The highest BCUT2D eigenvalue weighted by molar-refractivity contribution is 6.31. The van der Waals surface area contributed by atoms with Gasteiger partial charge in [0.25, 0.3) is 5.56 Å². The van der Waals surface area contributed by atoms with Gasteiger partial charge in [0.15, 0.2) is 0 Å². The Labute approximate surface area is 134 Å². The summed E-state index contributed by atoms with van der Waals surface area (Å²) in [4.78, 5) is 16.9. The molecular weight excluding hydrogens is 321 g/mol. The molecule has 2 aromatic heterocycles. The van der Waals surface area contributed by atoms with Gasteiger partial charge in [-0.1, -0.05) is 23.2 Å². The number of nitrogens with one attached hydrogen (secondary N) is 1. The first-order valence-electron chi connectivity index (χ1n) is 6.58. The van der Waals surface area contributed by atoms with Crippen molar-refractivity contribution in [2.24, 2.45) is 0 Å². The Morgan fingerprint density at radius 3 is 2.45 bits per heavy atom. The molecule has 0 saturated heterocycles. The molecule has 0 aliphatic heterocycles. The lowest BCUT2D eigenvalue weighted by Crippen LogP contribution is -2.13. The Kier molecular flexibility index (Phi) is 2.96. The van der Waals surface area contributed by atoms with Gasteiger partial charge in [0.2, 0.25) is 0 Å². The molecule has 0 radical (unpaired) electrons. The third kappa shape index (κ3) is 2.00. The number of nitrogens with zero attached hydrogens (tertiary/aromatic N) is 2. The third-order valence-corrected chi connectivity index (χ3v) is 4.06. The zero-order valence-electron chi connectivity index (χ0n) is 11.2. The largest absolute Gasteiger partial charge is 0.290 e. The minimum atomic E-state index is -0.160. The number of hydrogen-bond donors (Lipinski definition) is 1. The fourth-order valence-electron chi connectivity index (χ4n) is 2.50. The average Bonchev–Trinajstić information content (AvgIpc) is 2.86. The Morgan fingerprint density at radius 1 is 0.955 bits per heavy atom. The molecule has 2 aromatic carbocycles. The second kappa shape index (κ2) is 4.87. The molecule has 0 spiro atoms. The fraction of sp³-hybridized carbons (Fsp3) is 0. The second-order valence-corrected chi connectivity index (χ2v) is 5.81. The topological polar surface area (TPSA) is 50.7 Å². The smallest absolute Gasteiger partial charge is 0.280 e. The quantitative estimate of drug-likeness (QED) is 0.569. The lowest BCUT2D eigenvalue weighted by molar-refractivity contribution is 0.865. The molecule has 0 aliphatic carbocycles. The highest BCUT2D eigenvalue weighted by Crippen LogP contribution is 2.24. The molecule has 1 N–H and O–H groups in total. The summed E-state index contributed by atoms with van der Waals surface area (Å²) < 4.78 is 1.48. The average molecular weight is 330 g/mol. The maximum atomic E-state index is 12.6. The summed E-state index contributed by atoms with van der Waals surface area (Å²) in [6, 6.07) is 12.4. The van der Waals surface area contributed by atoms with Crippen molar-refractivity contribution < 1.29 is 0 Å². The van der Waals surface area contributed by atoms with Crippen molar-refractivity contribution in [1.29, 1.82) is 0 Å². The number of fused-ring (bicyclic) bond motifs is 3. The molecule has 108 valence electrons. The molecule has 0 bridgehead atoms. The number of pyridine rings is 1. The van der Waals surface area contributed by atoms with Crippen molar-refractivity contribution in [2.45, 2.75) is 0 Å². The first-order valence-corrected chi connectivity index (χ1v) is 7.34. The van der Waals surface area contributed by atoms with Crippen LogP contribution in [0, 0.1) is 0 Å². The van der Waals surface area contributed by atoms with Gasteiger partial charge in [-0.25, -0.2) is 4.68 Å². The summed E-state index contributed by atoms with van der Waals surface area (Å²) in [5.41, 5.74) is 2.04. The summed E-state index contributed by atoms with van der Waals surface area (Å²) in [5.74, 6) is 0. The zero-order valence-corrected chi connectivity index (χ0v) is 12.7. The van der Waals surface area contributed by atoms with E-state index in [9.17, 15) is 4.79 Å². The summed E-state index contributed by atoms with van der Waals surface area (Å²) in [6.45, 7) is 0. The number of rotatable bonds is 1. The van der Waals surface area contributed by atoms with Crippen LogP contribution in [0.1, 0.15) is 0 Å². The molecular formula is C16H9Cl2N3O. The van der Waals surface area contributed by atoms with Crippen molar-refractivity contribution in [3.63, 3.8) is 0 Å². The number of halogens is 2. The SMILES string of the molecule is O=c1c2cnc3ccc(Cl)cc3c2[nH]n1-c1ccc(Cl)cc1. The van der Waals surface area contributed by atoms with Crippen LogP contribution in [0.2, 0.25) is 10.0 Å². The predicted molar refractivity (Wildman–Crippen MR) is 89.2 cm³/mol. The minimum Gasteiger partial charge on any atom is -0.290 e. The van der Waals surface area contributed by atoms with Gasteiger partial charge in [0.1, 0.15) is 0 Å². The van der Waals surface area contributed by atoms with Crippen LogP contribution in [0.3, 0.4) is 0 Å². The minimum absolute atomic E-state index is 0.160. The maximum absolute atomic E-state index is 12.6. The van der Waals surface area contributed by atoms with E-state index in [1.54, 1.807) is 42.6 Å². The van der Waals surface area contributed by atoms with Crippen molar-refractivity contribution in [3.8, 4) is 5.69 Å². The van der Waals surface area contributed by atoms with Gasteiger partial charge in [0.05, 0.1) is 22.1 Å². The van der Waals surface area contributed by atoms with Crippen LogP contribution in [0.25, 0.3) is 27.5 Å². The van der Waals surface area contributed by atoms with Crippen LogP contribution in [-0.4, -0.2) is 14.8 Å². The number of aromatic amines is 1. The number of aromatic nitrogens is 3. The van der Waals surface area contributed by atoms with Crippen LogP contribution in [0.5, 0.6) is 0 Å². The molecule has 4 rings (SSSR count). The molecule has 0 amide bonds. The van der Waals surface area contributed by atoms with E-state index in [0.29, 0.717) is 26.6 Å². The van der Waals surface area contributed by atoms with Gasteiger partial charge in [-0.05, 0) is 42.5 Å². The fourth-order valence-corrected chi connectivity index (χ4v) is 2.80. The van der Waals surface area contributed by atoms with E-state index in [2.05, 4.69) is 10.1 Å². The molecule has 2 heterocycles. The monoisotopic (exact) mass is 329 g/mol. The van der Waals surface area contributed by atoms with Crippen LogP contribution >= 0.6 is 23.2 Å². The Morgan fingerprint density at radius 2 is 1.68 bits per heavy atom. The molecule has 0 unspecified atom stereocenters. The molecule has 4 aromatic rings. The van der Waals surface area contributed by atoms with Crippen molar-refractivity contribution in [2.75, 3.05) is 0 Å². The highest BCUT2D eigenvalue weighted by atomic mass is 35.5. The van der Waals surface area contributed by atoms with Crippen molar-refractivity contribution >= 4 is 45.0 Å². The number of hydrogen-bond acceptors (Lipinski definition) is 2. The summed E-state index contributed by atoms with van der Waals surface area (Å²) in [5, 5.41) is 5.68. The van der Waals surface area contributed by atoms with Gasteiger partial charge in [-0.2, -0.15) is 0 Å². The maximum Gasteiger partial charge on any atom is 0.280 e. The van der Waals surface area contributed by atoms with Gasteiger partial charge in [-0.15, -0.1) is 0 Å². The van der Waals surface area contributed by atoms with Gasteiger partial charge < -0.3 is 0 Å². The van der Waals surface area contributed by atoms with Gasteiger partial charge >= 0.3 is 0 Å². The van der Waals surface area contributed by atoms with Gasteiger partial charge in [-0.3, -0.25) is 14.9 Å². The van der Waals surface area contributed by atoms with E-state index in [1.807, 2.05) is 6.07 Å². The summed E-state index contributed by atoms with van der Waals surface area (Å²) in [7, 11) is 0. The first kappa shape index (κ1) is 13.4. The van der Waals surface area contributed by atoms with Crippen LogP contribution in [0.15, 0.2) is 53.5 Å². The number of H-pyrrole nitrogens is 1. The van der Waals surface area contributed by atoms with Crippen LogP contribution in [0.4, 0.5) is 0 Å². The molecule has 0 saturated carbocycles. The third-order valence-electron chi connectivity index (χ3n) is 3.57. The van der Waals surface area contributed by atoms with E-state index >= 15 is 0 Å². The lowest BCUT2D eigenvalue weighted by atomic mass is 10.2. The second-order valence-electron chi connectivity index (χ2n) is 4.94. The summed E-state index contributed by atoms with van der Waals surface area (Å²) in [6.07, 6.45) is 1.58. The van der Waals surface area contributed by atoms with E-state index < -0.39 is 0 Å². The predicted octanol–water partition coefficient (Wildman–Crippen LogP) is 4.17. The molecule has 0 fully saturated rings. The lowest BCUT2D eigenvalue weighted by Gasteiger charge is -2.01. The van der Waals surface area contributed by atoms with E-state index in [1.165, 1.54) is 4.68 Å². The Balaban J connectivity index is 2.07. The number of benzene rings is 2. The van der Waals surface area contributed by atoms with Gasteiger partial charge in [0, 0.05) is 21.6 Å². The molecule has 0 aliphatic rings. The normalized spacial score (nSPS) is 11.4. The van der Waals surface area contributed by atoms with E-state index in [0.717, 1.165) is 10.9 Å². The van der Waals surface area contributed by atoms with Crippen LogP contribution in [-0.2, 0) is 0 Å². The molecule has 4 nitrogen and oxygen atoms in total. The standard InChI is InChI=1S/C16H9Cl2N3O/c17-9-1-4-11(5-2-9)21-16(22)13-8-19-14-6-3-10(18)7-12(14)15(13)20-21/h1-8,20H. The molecule has 22 heavy (non-hydrogen) atoms. The Hall–Kier alpha value is -2.30. The van der Waals surface area contributed by atoms with Crippen LogP contribution < -0.4 is 5.56 Å². The molecule has 6 heteroatoms. The highest BCUT2D eigenvalue weighted by Gasteiger charge is 2.12. The summed E-state index contributed by atoms with van der Waals surface area (Å²) >= 11 is 11.9. The van der Waals surface area contributed by atoms with E-state index in [-0.39, 0.29) is 5.56 Å². The van der Waals surface area contributed by atoms with Crippen molar-refractivity contribution in [3.05, 3.63) is 69.1 Å². The Bertz CT molecular complexity index is 1060. The van der Waals surface area contributed by atoms with Crippen molar-refractivity contribution in [1.82, 2.24) is 14.8 Å². The first-order chi connectivity index (χ1) is 10.6.